The molecule has 0 aromatic rings. The van der Waals surface area contributed by atoms with E-state index in [-0.39, 0.29) is 17.1 Å². The van der Waals surface area contributed by atoms with Crippen LogP contribution in [0.2, 0.25) is 0 Å². The first-order chi connectivity index (χ1) is 15.9. The van der Waals surface area contributed by atoms with E-state index in [2.05, 4.69) is 66.9 Å². The van der Waals surface area contributed by atoms with Crippen molar-refractivity contribution in [3.63, 3.8) is 0 Å². The van der Waals surface area contributed by atoms with Gasteiger partial charge in [-0.1, -0.05) is 73.5 Å². The second kappa shape index (κ2) is 19.5. The number of carbonyl (C=O) groups excluding carboxylic acids is 1. The van der Waals surface area contributed by atoms with Crippen LogP contribution in [0.1, 0.15) is 115 Å². The Morgan fingerprint density at radius 1 is 0.800 bits per heavy atom. The first-order valence-electron chi connectivity index (χ1n) is 13.0. The van der Waals surface area contributed by atoms with Gasteiger partial charge in [0, 0.05) is 30.7 Å². The number of esters is 1. The summed E-state index contributed by atoms with van der Waals surface area (Å²) in [6, 6.07) is 0. The molecular formula is C29H57NO5. The Hall–Kier alpha value is -1.66. The fraction of sp³-hybridized carbons (Fsp3) is 0.793. The molecule has 0 aromatic carbocycles. The predicted octanol–water partition coefficient (Wildman–Crippen LogP) is 7.33. The molecule has 0 aliphatic carbocycles. The molecule has 0 aliphatic rings. The average molecular weight is 500 g/mol. The lowest BCUT2D eigenvalue weighted by Gasteiger charge is -2.31. The minimum atomic E-state index is -0.935. The van der Waals surface area contributed by atoms with Crippen molar-refractivity contribution in [2.45, 2.75) is 126 Å². The maximum absolute atomic E-state index is 11.6. The lowest BCUT2D eigenvalue weighted by atomic mass is 9.88. The van der Waals surface area contributed by atoms with Crippen LogP contribution in [0.5, 0.6) is 0 Å². The highest BCUT2D eigenvalue weighted by molar-refractivity contribution is 5.87. The van der Waals surface area contributed by atoms with Gasteiger partial charge in [-0.2, -0.15) is 0 Å². The molecule has 0 saturated heterocycles. The summed E-state index contributed by atoms with van der Waals surface area (Å²) >= 11 is 0. The molecule has 6 heteroatoms. The van der Waals surface area contributed by atoms with Crippen LogP contribution in [-0.4, -0.2) is 47.9 Å². The first-order valence-corrected chi connectivity index (χ1v) is 13.0. The summed E-state index contributed by atoms with van der Waals surface area (Å²) in [4.78, 5) is 21.2. The van der Waals surface area contributed by atoms with Gasteiger partial charge < -0.3 is 19.9 Å². The van der Waals surface area contributed by atoms with Crippen LogP contribution in [-0.2, 0) is 19.1 Å². The summed E-state index contributed by atoms with van der Waals surface area (Å²) in [5, 5.41) is 11.4. The van der Waals surface area contributed by atoms with E-state index in [9.17, 15) is 9.59 Å². The Balaban J connectivity index is -0.000000767. The molecule has 0 fully saturated rings. The van der Waals surface area contributed by atoms with E-state index in [0.717, 1.165) is 13.1 Å². The monoisotopic (exact) mass is 499 g/mol. The Kier molecular flexibility index (Phi) is 21.1. The summed E-state index contributed by atoms with van der Waals surface area (Å²) in [6.45, 7) is 31.4. The molecule has 0 radical (unpaired) electrons. The molecule has 2 N–H and O–H groups in total. The van der Waals surface area contributed by atoms with Gasteiger partial charge in [0.1, 0.15) is 5.60 Å². The molecular weight excluding hydrogens is 442 g/mol. The predicted molar refractivity (Wildman–Crippen MR) is 149 cm³/mol. The molecule has 0 saturated carbocycles. The molecule has 0 aromatic heterocycles. The summed E-state index contributed by atoms with van der Waals surface area (Å²) in [5.74, 6) is -1.28. The zero-order chi connectivity index (χ0) is 28.3. The van der Waals surface area contributed by atoms with Crippen molar-refractivity contribution in [2.24, 2.45) is 5.41 Å². The third kappa shape index (κ3) is 26.8. The van der Waals surface area contributed by atoms with Crippen molar-refractivity contribution in [3.8, 4) is 0 Å². The first kappa shape index (κ1) is 37.9. The maximum atomic E-state index is 11.6. The number of hydrogen-bond donors (Lipinski definition) is 2. The van der Waals surface area contributed by atoms with Crippen LogP contribution in [0, 0.1) is 5.41 Å². The molecule has 35 heavy (non-hydrogen) atoms. The largest absolute Gasteiger partial charge is 0.478 e. The molecule has 0 rings (SSSR count). The van der Waals surface area contributed by atoms with E-state index in [4.69, 9.17) is 14.6 Å². The molecule has 0 aliphatic heterocycles. The Bertz CT molecular complexity index is 607. The van der Waals surface area contributed by atoms with Gasteiger partial charge in [0.05, 0.1) is 12.2 Å². The maximum Gasteiger partial charge on any atom is 0.333 e. The quantitative estimate of drug-likeness (QED) is 0.181. The van der Waals surface area contributed by atoms with E-state index in [1.165, 1.54) is 39.0 Å². The number of aliphatic carboxylic acids is 1. The van der Waals surface area contributed by atoms with E-state index in [0.29, 0.717) is 24.0 Å². The van der Waals surface area contributed by atoms with Crippen molar-refractivity contribution in [1.82, 2.24) is 5.32 Å². The fourth-order valence-electron chi connectivity index (χ4n) is 2.83. The Morgan fingerprint density at radius 3 is 1.63 bits per heavy atom. The van der Waals surface area contributed by atoms with Crippen molar-refractivity contribution in [1.29, 1.82) is 0 Å². The number of carboxylic acids is 1. The summed E-state index contributed by atoms with van der Waals surface area (Å²) in [5.41, 5.74) is 0.0985. The lowest BCUT2D eigenvalue weighted by molar-refractivity contribution is -0.154. The van der Waals surface area contributed by atoms with Gasteiger partial charge in [0.2, 0.25) is 0 Å². The highest BCUT2D eigenvalue weighted by atomic mass is 16.6. The van der Waals surface area contributed by atoms with Crippen molar-refractivity contribution in [2.75, 3.05) is 19.7 Å². The number of hydrogen-bond acceptors (Lipinski definition) is 5. The van der Waals surface area contributed by atoms with Crippen LogP contribution in [0.15, 0.2) is 24.3 Å². The lowest BCUT2D eigenvalue weighted by Crippen LogP contribution is -2.42. The highest BCUT2D eigenvalue weighted by Gasteiger charge is 2.26. The topological polar surface area (TPSA) is 84.9 Å². The van der Waals surface area contributed by atoms with Crippen molar-refractivity contribution in [3.05, 3.63) is 24.3 Å². The molecule has 208 valence electrons. The Labute approximate surface area is 216 Å². The van der Waals surface area contributed by atoms with Gasteiger partial charge >= 0.3 is 11.9 Å². The normalized spacial score (nSPS) is 11.4. The molecule has 0 amide bonds. The summed E-state index contributed by atoms with van der Waals surface area (Å²) in [7, 11) is 0. The molecule has 0 unspecified atom stereocenters. The minimum Gasteiger partial charge on any atom is -0.478 e. The second-order valence-electron chi connectivity index (χ2n) is 11.2. The van der Waals surface area contributed by atoms with Gasteiger partial charge in [0.15, 0.2) is 0 Å². The number of unbranched alkanes of at least 4 members (excludes halogenated alkanes) is 2. The number of carboxylic acid groups (broad SMARTS) is 1. The van der Waals surface area contributed by atoms with Crippen LogP contribution in [0.3, 0.4) is 0 Å². The van der Waals surface area contributed by atoms with Gasteiger partial charge in [-0.15, -0.1) is 0 Å². The molecule has 6 nitrogen and oxygen atoms in total. The SMILES string of the molecule is C=C(C)C(=O)O.C=C(C)C(=O)OC(C)(C)CCOC(C)(C)CNCC(C)(C)CCC.CCCCC. The van der Waals surface area contributed by atoms with Gasteiger partial charge in [0.25, 0.3) is 0 Å². The zero-order valence-corrected chi connectivity index (χ0v) is 24.9. The molecule has 0 spiro atoms. The van der Waals surface area contributed by atoms with Crippen molar-refractivity contribution >= 4 is 11.9 Å². The van der Waals surface area contributed by atoms with E-state index in [1.54, 1.807) is 6.92 Å². The molecule has 0 atom stereocenters. The molecule has 0 heterocycles. The smallest absolute Gasteiger partial charge is 0.333 e. The minimum absolute atomic E-state index is 0.176. The zero-order valence-electron chi connectivity index (χ0n) is 24.9. The van der Waals surface area contributed by atoms with Crippen LogP contribution in [0.4, 0.5) is 0 Å². The van der Waals surface area contributed by atoms with Crippen LogP contribution in [0.25, 0.3) is 0 Å². The Morgan fingerprint density at radius 2 is 1.29 bits per heavy atom. The van der Waals surface area contributed by atoms with E-state index < -0.39 is 11.6 Å². The van der Waals surface area contributed by atoms with Crippen molar-refractivity contribution < 1.29 is 24.2 Å². The average Bonchev–Trinajstić information content (AvgIpc) is 2.68. The number of ether oxygens (including phenoxy) is 2. The van der Waals surface area contributed by atoms with Gasteiger partial charge in [-0.25, -0.2) is 9.59 Å². The highest BCUT2D eigenvalue weighted by Crippen LogP contribution is 2.22. The summed E-state index contributed by atoms with van der Waals surface area (Å²) in [6.07, 6.45) is 7.14. The fourth-order valence-corrected chi connectivity index (χ4v) is 2.83. The number of rotatable bonds is 15. The van der Waals surface area contributed by atoms with E-state index in [1.807, 2.05) is 13.8 Å². The number of nitrogens with one attached hydrogen (secondary N) is 1. The number of carbonyl (C=O) groups is 2. The third-order valence-electron chi connectivity index (χ3n) is 5.07. The van der Waals surface area contributed by atoms with E-state index >= 15 is 0 Å². The van der Waals surface area contributed by atoms with Crippen LogP contribution >= 0.6 is 0 Å². The van der Waals surface area contributed by atoms with Gasteiger partial charge in [-0.3, -0.25) is 0 Å². The summed E-state index contributed by atoms with van der Waals surface area (Å²) < 4.78 is 11.4. The standard InChI is InChI=1S/C20H39NO3.C5H12.C4H6O2/c1-10-11-18(4,5)14-21-15-20(8,9)23-13-12-19(6,7)24-17(22)16(2)3;1-3-5-4-2;1-3(2)4(5)6/h21H,2,10-15H2,1,3-9H3;3-5H2,1-2H3;1H2,2H3,(H,5,6). The third-order valence-corrected chi connectivity index (χ3v) is 5.07. The molecule has 0 bridgehead atoms. The van der Waals surface area contributed by atoms with Crippen LogP contribution < -0.4 is 5.32 Å². The van der Waals surface area contributed by atoms with Gasteiger partial charge in [-0.05, 0) is 53.4 Å². The second-order valence-corrected chi connectivity index (χ2v) is 11.2.